The van der Waals surface area contributed by atoms with Crippen molar-refractivity contribution >= 4 is 0 Å². The minimum Gasteiger partial charge on any atom is -0.492 e. The second-order valence-corrected chi connectivity index (χ2v) is 8.54. The van der Waals surface area contributed by atoms with Gasteiger partial charge >= 0.3 is 0 Å². The van der Waals surface area contributed by atoms with Gasteiger partial charge in [0.2, 0.25) is 0 Å². The highest BCUT2D eigenvalue weighted by molar-refractivity contribution is 5.45. The number of unbranched alkanes of at least 4 members (excludes halogenated alkanes) is 6. The van der Waals surface area contributed by atoms with Crippen molar-refractivity contribution in [3.8, 4) is 35.2 Å². The van der Waals surface area contributed by atoms with Crippen LogP contribution in [-0.4, -0.2) is 28.2 Å². The summed E-state index contributed by atoms with van der Waals surface area (Å²) in [7, 11) is 0. The molecule has 3 aromatic rings. The largest absolute Gasteiger partial charge is 0.492 e. The van der Waals surface area contributed by atoms with Crippen molar-refractivity contribution < 1.29 is 9.47 Å². The number of nitrogens with zero attached hydrogens (tertiary/aromatic N) is 3. The Morgan fingerprint density at radius 1 is 0.611 bits per heavy atom. The fourth-order valence-corrected chi connectivity index (χ4v) is 3.42. The molecule has 3 aromatic heterocycles. The maximum Gasteiger partial charge on any atom is 0.138 e. The standard InChI is InChI=1S/C31H35N3O2/c1-3-5-7-9-18-35-30-20-26(22-32-24-30)14-16-28-12-11-13-29(34-28)17-15-27-21-31(25-33-23-27)36-19-10-8-6-4-2/h11-13,20-25H,3-10,18-19H2,1-2H3. The Kier molecular flexibility index (Phi) is 11.9. The molecule has 3 rings (SSSR count). The number of pyridine rings is 3. The van der Waals surface area contributed by atoms with Crippen molar-refractivity contribution in [3.05, 3.63) is 77.6 Å². The fourth-order valence-electron chi connectivity index (χ4n) is 3.42. The first-order chi connectivity index (χ1) is 17.8. The van der Waals surface area contributed by atoms with Gasteiger partial charge in [-0.2, -0.15) is 0 Å². The van der Waals surface area contributed by atoms with Crippen molar-refractivity contribution in [2.24, 2.45) is 0 Å². The van der Waals surface area contributed by atoms with Crippen LogP contribution in [0.25, 0.3) is 0 Å². The summed E-state index contributed by atoms with van der Waals surface area (Å²) in [6.07, 6.45) is 16.3. The van der Waals surface area contributed by atoms with E-state index in [0.29, 0.717) is 24.6 Å². The molecule has 0 atom stereocenters. The van der Waals surface area contributed by atoms with Crippen LogP contribution < -0.4 is 9.47 Å². The van der Waals surface area contributed by atoms with E-state index >= 15 is 0 Å². The van der Waals surface area contributed by atoms with Crippen molar-refractivity contribution in [1.82, 2.24) is 15.0 Å². The molecule has 0 saturated heterocycles. The predicted octanol–water partition coefficient (Wildman–Crippen LogP) is 6.59. The first-order valence-electron chi connectivity index (χ1n) is 12.9. The average Bonchev–Trinajstić information content (AvgIpc) is 2.91. The molecule has 0 N–H and O–H groups in total. The third-order valence-corrected chi connectivity index (χ3v) is 5.38. The Hall–Kier alpha value is -3.83. The number of hydrogen-bond acceptors (Lipinski definition) is 5. The first kappa shape index (κ1) is 26.8. The van der Waals surface area contributed by atoms with Gasteiger partial charge in [-0.15, -0.1) is 0 Å². The van der Waals surface area contributed by atoms with Crippen molar-refractivity contribution in [1.29, 1.82) is 0 Å². The van der Waals surface area contributed by atoms with Crippen LogP contribution in [0.3, 0.4) is 0 Å². The van der Waals surface area contributed by atoms with Gasteiger partial charge in [0.05, 0.1) is 25.6 Å². The van der Waals surface area contributed by atoms with Crippen LogP contribution in [0.4, 0.5) is 0 Å². The molecule has 0 radical (unpaired) electrons. The van der Waals surface area contributed by atoms with Gasteiger partial charge in [0.25, 0.3) is 0 Å². The third-order valence-electron chi connectivity index (χ3n) is 5.38. The Morgan fingerprint density at radius 3 is 1.58 bits per heavy atom. The molecular weight excluding hydrogens is 446 g/mol. The fraction of sp³-hybridized carbons (Fsp3) is 0.387. The summed E-state index contributed by atoms with van der Waals surface area (Å²) in [5.74, 6) is 13.9. The molecular formula is C31H35N3O2. The second-order valence-electron chi connectivity index (χ2n) is 8.54. The molecule has 5 heteroatoms. The molecule has 3 heterocycles. The SMILES string of the molecule is CCCCCCOc1cncc(C#Cc2cccc(C#Cc3cncc(OCCCCCC)c3)n2)c1. The quantitative estimate of drug-likeness (QED) is 0.216. The summed E-state index contributed by atoms with van der Waals surface area (Å²) in [5.41, 5.74) is 2.87. The van der Waals surface area contributed by atoms with Crippen LogP contribution in [0, 0.1) is 23.7 Å². The highest BCUT2D eigenvalue weighted by atomic mass is 16.5. The Morgan fingerprint density at radius 2 is 1.11 bits per heavy atom. The summed E-state index contributed by atoms with van der Waals surface area (Å²) >= 11 is 0. The first-order valence-corrected chi connectivity index (χ1v) is 12.9. The monoisotopic (exact) mass is 481 g/mol. The minimum absolute atomic E-state index is 0.648. The maximum atomic E-state index is 5.81. The van der Waals surface area contributed by atoms with Crippen molar-refractivity contribution in [2.75, 3.05) is 13.2 Å². The number of ether oxygens (including phenoxy) is 2. The minimum atomic E-state index is 0.648. The van der Waals surface area contributed by atoms with E-state index in [-0.39, 0.29) is 0 Å². The van der Waals surface area contributed by atoms with E-state index in [1.165, 1.54) is 38.5 Å². The zero-order valence-corrected chi connectivity index (χ0v) is 21.4. The lowest BCUT2D eigenvalue weighted by Gasteiger charge is -2.05. The van der Waals surface area contributed by atoms with Gasteiger partial charge in [0.15, 0.2) is 0 Å². The molecule has 186 valence electrons. The summed E-state index contributed by atoms with van der Waals surface area (Å²) in [5, 5.41) is 0. The van der Waals surface area contributed by atoms with Gasteiger partial charge in [-0.05, 0) is 48.9 Å². The average molecular weight is 482 g/mol. The molecule has 0 amide bonds. The zero-order valence-electron chi connectivity index (χ0n) is 21.4. The van der Waals surface area contributed by atoms with Crippen LogP contribution in [0.1, 0.15) is 87.7 Å². The van der Waals surface area contributed by atoms with E-state index in [1.54, 1.807) is 24.8 Å². The lowest BCUT2D eigenvalue weighted by Crippen LogP contribution is -1.98. The predicted molar refractivity (Wildman–Crippen MR) is 144 cm³/mol. The van der Waals surface area contributed by atoms with Crippen molar-refractivity contribution in [3.63, 3.8) is 0 Å². The maximum absolute atomic E-state index is 5.81. The smallest absolute Gasteiger partial charge is 0.138 e. The number of aromatic nitrogens is 3. The van der Waals surface area contributed by atoms with Gasteiger partial charge < -0.3 is 9.47 Å². The summed E-state index contributed by atoms with van der Waals surface area (Å²) < 4.78 is 11.6. The van der Waals surface area contributed by atoms with E-state index in [0.717, 1.165) is 35.5 Å². The molecule has 0 unspecified atom stereocenters. The molecule has 36 heavy (non-hydrogen) atoms. The normalized spacial score (nSPS) is 10.1. The van der Waals surface area contributed by atoms with Crippen LogP contribution in [-0.2, 0) is 0 Å². The second kappa shape index (κ2) is 16.0. The lowest BCUT2D eigenvalue weighted by molar-refractivity contribution is 0.303. The van der Waals surface area contributed by atoms with Crippen LogP contribution >= 0.6 is 0 Å². The van der Waals surface area contributed by atoms with Gasteiger partial charge in [-0.1, -0.05) is 70.3 Å². The molecule has 0 aromatic carbocycles. The molecule has 0 fully saturated rings. The van der Waals surface area contributed by atoms with Crippen LogP contribution in [0.5, 0.6) is 11.5 Å². The van der Waals surface area contributed by atoms with E-state index in [1.807, 2.05) is 30.3 Å². The zero-order chi connectivity index (χ0) is 25.3. The van der Waals surface area contributed by atoms with Gasteiger partial charge in [0, 0.05) is 23.5 Å². The van der Waals surface area contributed by atoms with E-state index in [9.17, 15) is 0 Å². The van der Waals surface area contributed by atoms with Gasteiger partial charge in [-0.3, -0.25) is 9.97 Å². The molecule has 0 aliphatic carbocycles. The molecule has 5 nitrogen and oxygen atoms in total. The number of hydrogen-bond donors (Lipinski definition) is 0. The topological polar surface area (TPSA) is 57.1 Å². The summed E-state index contributed by atoms with van der Waals surface area (Å²) in [6, 6.07) is 9.47. The molecule has 0 aliphatic rings. The Bertz CT molecular complexity index is 1110. The highest BCUT2D eigenvalue weighted by Crippen LogP contribution is 2.13. The van der Waals surface area contributed by atoms with Crippen LogP contribution in [0.2, 0.25) is 0 Å². The molecule has 0 spiro atoms. The van der Waals surface area contributed by atoms with Gasteiger partial charge in [0.1, 0.15) is 22.9 Å². The molecule has 0 bridgehead atoms. The molecule has 0 aliphatic heterocycles. The highest BCUT2D eigenvalue weighted by Gasteiger charge is 1.99. The van der Waals surface area contributed by atoms with Crippen LogP contribution in [0.15, 0.2) is 55.1 Å². The number of rotatable bonds is 12. The summed E-state index contributed by atoms with van der Waals surface area (Å²) in [6.45, 7) is 5.80. The third kappa shape index (κ3) is 10.2. The van der Waals surface area contributed by atoms with Gasteiger partial charge in [-0.25, -0.2) is 4.98 Å². The Balaban J connectivity index is 1.58. The van der Waals surface area contributed by atoms with Crippen molar-refractivity contribution in [2.45, 2.75) is 65.2 Å². The lowest BCUT2D eigenvalue weighted by atomic mass is 10.2. The van der Waals surface area contributed by atoms with E-state index in [4.69, 9.17) is 9.47 Å². The van der Waals surface area contributed by atoms with E-state index < -0.39 is 0 Å². The summed E-state index contributed by atoms with van der Waals surface area (Å²) in [4.78, 5) is 13.0. The molecule has 0 saturated carbocycles. The van der Waals surface area contributed by atoms with E-state index in [2.05, 4.69) is 52.5 Å². The Labute approximate surface area is 215 Å².